The second-order valence-electron chi connectivity index (χ2n) is 6.52. The molecule has 1 saturated heterocycles. The second kappa shape index (κ2) is 9.38. The minimum atomic E-state index is 0.217. The molecule has 1 aliphatic heterocycles. The summed E-state index contributed by atoms with van der Waals surface area (Å²) < 4.78 is 0. The van der Waals surface area contributed by atoms with Crippen molar-refractivity contribution in [2.45, 2.75) is 51.0 Å². The largest absolute Gasteiger partial charge is 0.352 e. The molecule has 3 N–H and O–H groups in total. The van der Waals surface area contributed by atoms with Crippen molar-refractivity contribution in [2.75, 3.05) is 45.8 Å². The molecular weight excluding hydrogens is 264 g/mol. The molecule has 1 saturated carbocycles. The Kier molecular flexibility index (Phi) is 7.47. The molecule has 2 fully saturated rings. The van der Waals surface area contributed by atoms with Crippen LogP contribution >= 0.6 is 0 Å². The van der Waals surface area contributed by atoms with E-state index in [1.165, 1.54) is 25.7 Å². The van der Waals surface area contributed by atoms with Crippen LogP contribution in [0.2, 0.25) is 0 Å². The van der Waals surface area contributed by atoms with Crippen molar-refractivity contribution in [1.29, 1.82) is 0 Å². The van der Waals surface area contributed by atoms with Gasteiger partial charge in [0, 0.05) is 32.2 Å². The van der Waals surface area contributed by atoms with Gasteiger partial charge in [0.05, 0.1) is 6.54 Å². The van der Waals surface area contributed by atoms with E-state index in [-0.39, 0.29) is 5.91 Å². The summed E-state index contributed by atoms with van der Waals surface area (Å²) in [7, 11) is 0. The lowest BCUT2D eigenvalue weighted by molar-refractivity contribution is -0.123. The average Bonchev–Trinajstić information content (AvgIpc) is 2.83. The molecule has 0 aromatic carbocycles. The number of carbonyl (C=O) groups is 1. The molecule has 0 radical (unpaired) electrons. The first-order valence-electron chi connectivity index (χ1n) is 8.72. The monoisotopic (exact) mass is 296 g/mol. The van der Waals surface area contributed by atoms with Gasteiger partial charge in [-0.05, 0) is 32.4 Å². The van der Waals surface area contributed by atoms with Crippen molar-refractivity contribution in [1.82, 2.24) is 15.1 Å². The van der Waals surface area contributed by atoms with E-state index in [1.807, 2.05) is 0 Å². The van der Waals surface area contributed by atoms with Crippen LogP contribution in [-0.2, 0) is 4.79 Å². The Balaban J connectivity index is 1.69. The lowest BCUT2D eigenvalue weighted by Gasteiger charge is -2.22. The molecule has 21 heavy (non-hydrogen) atoms. The highest BCUT2D eigenvalue weighted by Crippen LogP contribution is 2.17. The fourth-order valence-electron chi connectivity index (χ4n) is 3.49. The van der Waals surface area contributed by atoms with Gasteiger partial charge in [0.2, 0.25) is 5.91 Å². The molecule has 0 aromatic heterocycles. The number of hydrogen-bond acceptors (Lipinski definition) is 4. The average molecular weight is 296 g/mol. The summed E-state index contributed by atoms with van der Waals surface area (Å²) in [6, 6.07) is 0.417. The first kappa shape index (κ1) is 16.7. The molecule has 1 aliphatic carbocycles. The van der Waals surface area contributed by atoms with Gasteiger partial charge in [-0.2, -0.15) is 0 Å². The topological polar surface area (TPSA) is 61.6 Å². The van der Waals surface area contributed by atoms with Gasteiger partial charge in [0.1, 0.15) is 0 Å². The van der Waals surface area contributed by atoms with E-state index >= 15 is 0 Å². The van der Waals surface area contributed by atoms with Gasteiger partial charge in [-0.1, -0.05) is 25.7 Å². The molecule has 2 rings (SSSR count). The third-order valence-corrected chi connectivity index (χ3v) is 4.71. The summed E-state index contributed by atoms with van der Waals surface area (Å²) in [5, 5.41) is 3.25. The van der Waals surface area contributed by atoms with Crippen molar-refractivity contribution in [3.05, 3.63) is 0 Å². The third-order valence-electron chi connectivity index (χ3n) is 4.71. The molecule has 2 aliphatic rings. The fraction of sp³-hybridized carbons (Fsp3) is 0.938. The Morgan fingerprint density at radius 2 is 1.62 bits per heavy atom. The molecule has 1 heterocycles. The minimum Gasteiger partial charge on any atom is -0.352 e. The predicted molar refractivity (Wildman–Crippen MR) is 86.2 cm³/mol. The summed E-state index contributed by atoms with van der Waals surface area (Å²) in [5.74, 6) is 0.217. The fourth-order valence-corrected chi connectivity index (χ4v) is 3.49. The molecule has 5 nitrogen and oxygen atoms in total. The van der Waals surface area contributed by atoms with E-state index in [0.717, 1.165) is 58.5 Å². The van der Waals surface area contributed by atoms with Crippen molar-refractivity contribution < 1.29 is 4.79 Å². The summed E-state index contributed by atoms with van der Waals surface area (Å²) >= 11 is 0. The Morgan fingerprint density at radius 3 is 2.33 bits per heavy atom. The van der Waals surface area contributed by atoms with Crippen LogP contribution in [0, 0.1) is 0 Å². The lowest BCUT2D eigenvalue weighted by atomic mass is 10.1. The minimum absolute atomic E-state index is 0.217. The van der Waals surface area contributed by atoms with Crippen LogP contribution in [-0.4, -0.2) is 67.6 Å². The van der Waals surface area contributed by atoms with Crippen LogP contribution in [0.5, 0.6) is 0 Å². The highest BCUT2D eigenvalue weighted by Gasteiger charge is 2.19. The zero-order valence-electron chi connectivity index (χ0n) is 13.4. The van der Waals surface area contributed by atoms with E-state index in [0.29, 0.717) is 12.6 Å². The number of nitrogens with one attached hydrogen (secondary N) is 1. The number of carbonyl (C=O) groups excluding carboxylic acids is 1. The van der Waals surface area contributed by atoms with Gasteiger partial charge in [-0.3, -0.25) is 9.69 Å². The smallest absolute Gasteiger partial charge is 0.234 e. The molecule has 0 aromatic rings. The standard InChI is InChI=1S/C16H32N4O/c17-8-11-19-9-5-10-20(13-12-19)14-16(21)18-15-6-3-1-2-4-7-15/h15H,1-14,17H2,(H,18,21). The zero-order chi connectivity index (χ0) is 14.9. The molecule has 0 atom stereocenters. The molecule has 5 heteroatoms. The maximum absolute atomic E-state index is 12.2. The summed E-state index contributed by atoms with van der Waals surface area (Å²) in [5.41, 5.74) is 5.62. The molecule has 1 amide bonds. The number of rotatable bonds is 5. The number of hydrogen-bond donors (Lipinski definition) is 2. The zero-order valence-corrected chi connectivity index (χ0v) is 13.4. The van der Waals surface area contributed by atoms with E-state index in [2.05, 4.69) is 15.1 Å². The number of amides is 1. The van der Waals surface area contributed by atoms with Gasteiger partial charge in [0.15, 0.2) is 0 Å². The highest BCUT2D eigenvalue weighted by atomic mass is 16.2. The lowest BCUT2D eigenvalue weighted by Crippen LogP contribution is -2.43. The predicted octanol–water partition coefficient (Wildman–Crippen LogP) is 0.792. The Labute approximate surface area is 129 Å². The normalized spacial score (nSPS) is 23.5. The molecule has 0 unspecified atom stereocenters. The van der Waals surface area contributed by atoms with Gasteiger partial charge in [0.25, 0.3) is 0 Å². The van der Waals surface area contributed by atoms with E-state index in [9.17, 15) is 4.79 Å². The second-order valence-corrected chi connectivity index (χ2v) is 6.52. The maximum atomic E-state index is 12.2. The summed E-state index contributed by atoms with van der Waals surface area (Å²) in [6.45, 7) is 6.42. The maximum Gasteiger partial charge on any atom is 0.234 e. The van der Waals surface area contributed by atoms with Crippen LogP contribution in [0.15, 0.2) is 0 Å². The molecule has 0 bridgehead atoms. The van der Waals surface area contributed by atoms with Gasteiger partial charge in [-0.25, -0.2) is 0 Å². The van der Waals surface area contributed by atoms with Crippen LogP contribution < -0.4 is 11.1 Å². The van der Waals surface area contributed by atoms with E-state index < -0.39 is 0 Å². The van der Waals surface area contributed by atoms with Crippen LogP contribution in [0.4, 0.5) is 0 Å². The summed E-state index contributed by atoms with van der Waals surface area (Å²) in [4.78, 5) is 16.9. The first-order chi connectivity index (χ1) is 10.3. The van der Waals surface area contributed by atoms with Crippen molar-refractivity contribution in [3.8, 4) is 0 Å². The SMILES string of the molecule is NCCN1CCCN(CC(=O)NC2CCCCCC2)CC1. The Morgan fingerprint density at radius 1 is 0.952 bits per heavy atom. The Bertz CT molecular complexity index is 303. The van der Waals surface area contributed by atoms with Crippen molar-refractivity contribution >= 4 is 5.91 Å². The first-order valence-corrected chi connectivity index (χ1v) is 8.72. The van der Waals surface area contributed by atoms with Crippen LogP contribution in [0.1, 0.15) is 44.9 Å². The summed E-state index contributed by atoms with van der Waals surface area (Å²) in [6.07, 6.45) is 8.65. The molecule has 122 valence electrons. The van der Waals surface area contributed by atoms with Crippen molar-refractivity contribution in [2.24, 2.45) is 5.73 Å². The van der Waals surface area contributed by atoms with Gasteiger partial charge < -0.3 is 16.0 Å². The number of nitrogens with zero attached hydrogens (tertiary/aromatic N) is 2. The van der Waals surface area contributed by atoms with Crippen LogP contribution in [0.25, 0.3) is 0 Å². The molecule has 0 spiro atoms. The van der Waals surface area contributed by atoms with Gasteiger partial charge in [-0.15, -0.1) is 0 Å². The van der Waals surface area contributed by atoms with E-state index in [4.69, 9.17) is 5.73 Å². The van der Waals surface area contributed by atoms with Crippen LogP contribution in [0.3, 0.4) is 0 Å². The number of nitrogens with two attached hydrogens (primary N) is 1. The highest BCUT2D eigenvalue weighted by molar-refractivity contribution is 5.78. The van der Waals surface area contributed by atoms with Gasteiger partial charge >= 0.3 is 0 Å². The van der Waals surface area contributed by atoms with Crippen molar-refractivity contribution in [3.63, 3.8) is 0 Å². The molecular formula is C16H32N4O. The Hall–Kier alpha value is -0.650. The third kappa shape index (κ3) is 6.32. The van der Waals surface area contributed by atoms with E-state index in [1.54, 1.807) is 0 Å². The quantitative estimate of drug-likeness (QED) is 0.737.